The van der Waals surface area contributed by atoms with Crippen molar-refractivity contribution in [2.24, 2.45) is 23.2 Å². The predicted molar refractivity (Wildman–Crippen MR) is 215 cm³/mol. The van der Waals surface area contributed by atoms with Crippen LogP contribution in [0.15, 0.2) is 18.2 Å². The Bertz CT molecular complexity index is 1390. The average molecular weight is 898 g/mol. The highest BCUT2D eigenvalue weighted by molar-refractivity contribution is 8.77. The van der Waals surface area contributed by atoms with E-state index in [2.05, 4.69) is 55.7 Å². The Morgan fingerprint density at radius 2 is 1.49 bits per heavy atom. The lowest BCUT2D eigenvalue weighted by molar-refractivity contribution is -0.457. The largest absolute Gasteiger partial charge is 0.494 e. The number of hydrogen-bond acceptors (Lipinski definition) is 8. The van der Waals surface area contributed by atoms with Crippen LogP contribution in [0.5, 0.6) is 5.75 Å². The van der Waals surface area contributed by atoms with E-state index in [-0.39, 0.29) is 22.9 Å². The summed E-state index contributed by atoms with van der Waals surface area (Å²) in [5.41, 5.74) is -3.88. The smallest absolute Gasteiger partial charge is 0.435 e. The fraction of sp³-hybridized carbons (Fsp3) is 0.857. The van der Waals surface area contributed by atoms with Crippen LogP contribution in [0.2, 0.25) is 0 Å². The van der Waals surface area contributed by atoms with E-state index in [0.29, 0.717) is 36.7 Å². The van der Waals surface area contributed by atoms with Gasteiger partial charge in [-0.3, -0.25) is 0 Å². The molecule has 3 aliphatic rings. The Hall–Kier alpha value is -1.11. The van der Waals surface area contributed by atoms with Gasteiger partial charge < -0.3 is 28.6 Å². The Morgan fingerprint density at radius 3 is 2.14 bits per heavy atom. The second-order valence-corrected chi connectivity index (χ2v) is 20.6. The molecule has 5 unspecified atom stereocenters. The third-order valence-corrected chi connectivity index (χ3v) is 16.2. The Balaban J connectivity index is 1.18. The SMILES string of the molecule is COCC(CCCN(C)CCCSSC(C)(C)CCOc1ccc2c(c1)CCC1C2CCC2(C)C(OCCCOC(C(F)(F)F)(C(F)(F)F)C(F)(F)F)CCC12)COC. The molecule has 6 nitrogen and oxygen atoms in total. The number of aryl methyl sites for hydroxylation is 1. The van der Waals surface area contributed by atoms with Crippen molar-refractivity contribution >= 4 is 21.6 Å². The number of ether oxygens (including phenoxy) is 5. The molecule has 4 rings (SSSR count). The van der Waals surface area contributed by atoms with Gasteiger partial charge in [0.2, 0.25) is 0 Å². The third kappa shape index (κ3) is 12.8. The molecule has 1 aromatic carbocycles. The van der Waals surface area contributed by atoms with Crippen LogP contribution in [0.25, 0.3) is 0 Å². The summed E-state index contributed by atoms with van der Waals surface area (Å²) in [5.74, 6) is 3.46. The number of hydrogen-bond donors (Lipinski definition) is 0. The van der Waals surface area contributed by atoms with Gasteiger partial charge in [-0.15, -0.1) is 0 Å². The van der Waals surface area contributed by atoms with Crippen molar-refractivity contribution in [2.45, 2.75) is 132 Å². The van der Waals surface area contributed by atoms with Gasteiger partial charge in [0.15, 0.2) is 0 Å². The highest BCUT2D eigenvalue weighted by Gasteiger charge is 2.85. The normalized spacial score (nSPS) is 24.1. The first kappa shape index (κ1) is 50.5. The molecule has 0 heterocycles. The second kappa shape index (κ2) is 21.5. The summed E-state index contributed by atoms with van der Waals surface area (Å²) in [6, 6.07) is 6.43. The monoisotopic (exact) mass is 897 g/mol. The Morgan fingerprint density at radius 1 is 0.831 bits per heavy atom. The van der Waals surface area contributed by atoms with Crippen LogP contribution in [0, 0.1) is 23.2 Å². The van der Waals surface area contributed by atoms with Crippen molar-refractivity contribution in [1.82, 2.24) is 4.90 Å². The predicted octanol–water partition coefficient (Wildman–Crippen LogP) is 11.7. The van der Waals surface area contributed by atoms with Crippen LogP contribution in [0.1, 0.15) is 102 Å². The van der Waals surface area contributed by atoms with Gasteiger partial charge in [0.05, 0.1) is 32.5 Å². The quantitative estimate of drug-likeness (QED) is 0.0578. The zero-order valence-electron chi connectivity index (χ0n) is 35.3. The summed E-state index contributed by atoms with van der Waals surface area (Å²) in [7, 11) is 9.48. The maximum atomic E-state index is 13.2. The van der Waals surface area contributed by atoms with E-state index in [1.807, 2.05) is 21.6 Å². The molecule has 342 valence electrons. The molecule has 0 amide bonds. The molecular formula is C42H64F9NO5S2. The summed E-state index contributed by atoms with van der Waals surface area (Å²) in [5, 5.41) is 0. The van der Waals surface area contributed by atoms with E-state index in [1.165, 1.54) is 11.1 Å². The van der Waals surface area contributed by atoms with E-state index in [1.54, 1.807) is 14.2 Å². The van der Waals surface area contributed by atoms with E-state index in [4.69, 9.17) is 18.9 Å². The standard InChI is InChI=1S/C42H64F9NO5S2/c1-37(2,59-58-25-8-21-52(4)20-7-10-29(27-53-5)28-54-6)19-24-55-31-12-14-32-30(26-31)11-13-34-33(32)17-18-38(3)35(34)15-16-36(38)56-22-9-23-57-39(40(43,44)45,41(46,47)48)42(49,50)51/h12,14,26,29,33-36H,7-11,13,15-25,27-28H2,1-6H3. The van der Waals surface area contributed by atoms with Gasteiger partial charge in [0, 0.05) is 37.2 Å². The van der Waals surface area contributed by atoms with Crippen LogP contribution >= 0.6 is 21.6 Å². The number of alkyl halides is 9. The van der Waals surface area contributed by atoms with Crippen molar-refractivity contribution in [1.29, 1.82) is 0 Å². The average Bonchev–Trinajstić information content (AvgIpc) is 3.47. The third-order valence-electron chi connectivity index (χ3n) is 12.7. The summed E-state index contributed by atoms with van der Waals surface area (Å²) in [6.45, 7) is 9.12. The number of methoxy groups -OCH3 is 2. The summed E-state index contributed by atoms with van der Waals surface area (Å²) < 4.78 is 145. The molecule has 0 spiro atoms. The number of rotatable bonds is 24. The molecule has 1 aromatic rings. The van der Waals surface area contributed by atoms with Crippen LogP contribution in [0.3, 0.4) is 0 Å². The molecule has 3 aliphatic carbocycles. The number of nitrogens with zero attached hydrogens (tertiary/aromatic N) is 1. The van der Waals surface area contributed by atoms with Gasteiger partial charge in [-0.05, 0) is 151 Å². The Kier molecular flexibility index (Phi) is 18.4. The van der Waals surface area contributed by atoms with Gasteiger partial charge >= 0.3 is 24.1 Å². The van der Waals surface area contributed by atoms with Gasteiger partial charge in [-0.1, -0.05) is 34.6 Å². The van der Waals surface area contributed by atoms with Crippen LogP contribution in [-0.2, 0) is 25.4 Å². The molecule has 0 saturated heterocycles. The van der Waals surface area contributed by atoms with Gasteiger partial charge in [0.25, 0.3) is 0 Å². The van der Waals surface area contributed by atoms with Gasteiger partial charge in [0.1, 0.15) is 5.75 Å². The summed E-state index contributed by atoms with van der Waals surface area (Å²) in [4.78, 5) is 2.40. The zero-order chi connectivity index (χ0) is 43.7. The van der Waals surface area contributed by atoms with Gasteiger partial charge in [-0.2, -0.15) is 39.5 Å². The van der Waals surface area contributed by atoms with Crippen molar-refractivity contribution in [3.8, 4) is 5.75 Å². The molecule has 0 bridgehead atoms. The van der Waals surface area contributed by atoms with E-state index < -0.39 is 37.2 Å². The molecule has 0 N–H and O–H groups in total. The highest BCUT2D eigenvalue weighted by Crippen LogP contribution is 2.62. The Labute approximate surface area is 352 Å². The first-order chi connectivity index (χ1) is 27.6. The van der Waals surface area contributed by atoms with E-state index >= 15 is 0 Å². The highest BCUT2D eigenvalue weighted by atomic mass is 33.1. The van der Waals surface area contributed by atoms with Crippen LogP contribution < -0.4 is 4.74 Å². The minimum atomic E-state index is -6.74. The number of halogens is 9. The molecule has 0 aromatic heterocycles. The first-order valence-electron chi connectivity index (χ1n) is 20.8. The zero-order valence-corrected chi connectivity index (χ0v) is 36.9. The number of fused-ring (bicyclic) bond motifs is 5. The van der Waals surface area contributed by atoms with Crippen LogP contribution in [0.4, 0.5) is 39.5 Å². The molecule has 2 fully saturated rings. The molecule has 59 heavy (non-hydrogen) atoms. The van der Waals surface area contributed by atoms with Gasteiger partial charge in [-0.25, -0.2) is 0 Å². The molecule has 0 aliphatic heterocycles. The van der Waals surface area contributed by atoms with Crippen molar-refractivity contribution in [3.63, 3.8) is 0 Å². The summed E-state index contributed by atoms with van der Waals surface area (Å²) >= 11 is 0. The molecule has 0 radical (unpaired) electrons. The fourth-order valence-electron chi connectivity index (χ4n) is 9.61. The minimum Gasteiger partial charge on any atom is -0.494 e. The summed E-state index contributed by atoms with van der Waals surface area (Å²) in [6.07, 6.45) is -11.7. The second-order valence-electron chi connectivity index (χ2n) is 17.5. The van der Waals surface area contributed by atoms with E-state index in [0.717, 1.165) is 95.6 Å². The lowest BCUT2D eigenvalue weighted by Crippen LogP contribution is -2.67. The molecular weight excluding hydrogens is 834 g/mol. The lowest BCUT2D eigenvalue weighted by Gasteiger charge is -2.50. The van der Waals surface area contributed by atoms with E-state index in [9.17, 15) is 39.5 Å². The minimum absolute atomic E-state index is 0.0559. The molecule has 17 heteroatoms. The van der Waals surface area contributed by atoms with Crippen LogP contribution in [-0.4, -0.2) is 113 Å². The molecule has 5 atom stereocenters. The molecule has 2 saturated carbocycles. The lowest BCUT2D eigenvalue weighted by atomic mass is 9.55. The number of benzene rings is 1. The maximum absolute atomic E-state index is 13.2. The fourth-order valence-corrected chi connectivity index (χ4v) is 12.2. The van der Waals surface area contributed by atoms with Crippen molar-refractivity contribution in [3.05, 3.63) is 29.3 Å². The van der Waals surface area contributed by atoms with Crippen molar-refractivity contribution < 1.29 is 63.2 Å². The maximum Gasteiger partial charge on any atom is 0.435 e. The first-order valence-corrected chi connectivity index (χ1v) is 23.1. The topological polar surface area (TPSA) is 49.4 Å². The van der Waals surface area contributed by atoms with Crippen molar-refractivity contribution in [2.75, 3.05) is 73.1 Å².